The van der Waals surface area contributed by atoms with Crippen molar-refractivity contribution in [2.24, 2.45) is 22.3 Å². The number of esters is 3. The third kappa shape index (κ3) is 33.2. The molecule has 21 nitrogen and oxygen atoms in total. The molecule has 594 valence electrons. The molecule has 21 heteroatoms. The summed E-state index contributed by atoms with van der Waals surface area (Å²) in [4.78, 5) is 82.1. The van der Waals surface area contributed by atoms with Crippen LogP contribution in [0.4, 0.5) is 0 Å². The summed E-state index contributed by atoms with van der Waals surface area (Å²) in [5.74, 6) is 20.8. The second kappa shape index (κ2) is 48.6. The number of carbonyl (C=O) groups excluding carboxylic acids is 6. The van der Waals surface area contributed by atoms with E-state index < -0.39 is 52.8 Å². The lowest BCUT2D eigenvalue weighted by Gasteiger charge is -2.31. The number of carbonyl (C=O) groups is 7. The predicted octanol–water partition coefficient (Wildman–Crippen LogP) is 12.9. The molecule has 3 atom stereocenters. The molecule has 0 aliphatic heterocycles. The van der Waals surface area contributed by atoms with E-state index in [1.807, 2.05) is 159 Å². The smallest absolute Gasteiger partial charge is 0.337 e. The summed E-state index contributed by atoms with van der Waals surface area (Å²) in [7, 11) is 4.03. The minimum atomic E-state index is -1.10. The molecule has 3 amide bonds. The van der Waals surface area contributed by atoms with Gasteiger partial charge < -0.3 is 60.7 Å². The number of nitrogens with one attached hydrogen (secondary N) is 3. The molecule has 0 spiro atoms. The summed E-state index contributed by atoms with van der Waals surface area (Å²) in [6.45, 7) is 24.7. The van der Waals surface area contributed by atoms with Gasteiger partial charge in [-0.3, -0.25) is 24.4 Å². The molecule has 0 unspecified atom stereocenters. The Morgan fingerprint density at radius 1 is 0.389 bits per heavy atom. The number of nitrogens with two attached hydrogens (primary N) is 2. The van der Waals surface area contributed by atoms with E-state index in [0.717, 1.165) is 73.2 Å². The van der Waals surface area contributed by atoms with Crippen molar-refractivity contribution in [1.82, 2.24) is 16.1 Å². The van der Waals surface area contributed by atoms with E-state index in [9.17, 15) is 33.6 Å². The fourth-order valence-corrected chi connectivity index (χ4v) is 9.54. The number of aliphatic hydroxyl groups is 1. The van der Waals surface area contributed by atoms with E-state index in [-0.39, 0.29) is 35.4 Å². The van der Waals surface area contributed by atoms with Gasteiger partial charge >= 0.3 is 23.9 Å². The topological polar surface area (TPSA) is 324 Å². The lowest BCUT2D eigenvalue weighted by atomic mass is 9.81. The molecule has 8 rings (SSSR count). The summed E-state index contributed by atoms with van der Waals surface area (Å²) in [5, 5.41) is 32.0. The van der Waals surface area contributed by atoms with E-state index in [4.69, 9.17) is 45.8 Å². The molecule has 0 fully saturated rings. The van der Waals surface area contributed by atoms with Crippen LogP contribution in [0, 0.1) is 58.2 Å². The molecule has 0 bridgehead atoms. The summed E-state index contributed by atoms with van der Waals surface area (Å²) in [6, 6.07) is 55.8. The van der Waals surface area contributed by atoms with Gasteiger partial charge in [0.15, 0.2) is 0 Å². The number of hydrogen-bond donors (Lipinski definition) is 8. The van der Waals surface area contributed by atoms with Gasteiger partial charge in [-0.15, -0.1) is 0 Å². The number of carboxylic acid groups (broad SMARTS) is 1. The van der Waals surface area contributed by atoms with Crippen LogP contribution in [0.15, 0.2) is 194 Å². The number of aliphatic hydroxyl groups excluding tert-OH is 1. The number of hydroxylamine groups is 1. The van der Waals surface area contributed by atoms with Crippen LogP contribution in [0.25, 0.3) is 0 Å². The van der Waals surface area contributed by atoms with Gasteiger partial charge in [0, 0.05) is 81.0 Å². The van der Waals surface area contributed by atoms with Gasteiger partial charge in [0.25, 0.3) is 17.7 Å². The second-order valence-electron chi connectivity index (χ2n) is 27.3. The summed E-state index contributed by atoms with van der Waals surface area (Å²) >= 11 is 0. The van der Waals surface area contributed by atoms with Gasteiger partial charge in [0.05, 0.1) is 58.9 Å². The zero-order valence-corrected chi connectivity index (χ0v) is 66.9. The van der Waals surface area contributed by atoms with Crippen molar-refractivity contribution < 1.29 is 77.4 Å². The first kappa shape index (κ1) is 93.4. The molecule has 8 aromatic rings. The quantitative estimate of drug-likeness (QED) is 0.00916. The highest BCUT2D eigenvalue weighted by Gasteiger charge is 2.37. The molecule has 8 aromatic carbocycles. The number of ether oxygens (including phenoxy) is 6. The summed E-state index contributed by atoms with van der Waals surface area (Å²) < 4.78 is 30.1. The van der Waals surface area contributed by atoms with Gasteiger partial charge in [-0.25, -0.2) is 19.9 Å². The monoisotopic (exact) mass is 1540 g/mol. The fraction of sp³-hybridized carbons (Fsp3) is 0.315. The number of carboxylic acids is 1. The first-order chi connectivity index (χ1) is 53.9. The van der Waals surface area contributed by atoms with Crippen molar-refractivity contribution in [2.75, 3.05) is 41.2 Å². The Hall–Kier alpha value is -12.0. The third-order valence-corrected chi connectivity index (χ3v) is 17.6. The highest BCUT2D eigenvalue weighted by atomic mass is 16.5. The van der Waals surface area contributed by atoms with Gasteiger partial charge in [-0.1, -0.05) is 137 Å². The first-order valence-electron chi connectivity index (χ1n) is 36.7. The number of amides is 3. The predicted molar refractivity (Wildman–Crippen MR) is 437 cm³/mol. The molecule has 0 heterocycles. The average Bonchev–Trinajstić information content (AvgIpc) is 0.838. The highest BCUT2D eigenvalue weighted by Crippen LogP contribution is 2.27. The number of rotatable bonds is 24. The molecule has 0 aliphatic carbocycles. The largest absolute Gasteiger partial charge is 0.478 e. The molecule has 10 N–H and O–H groups in total. The second-order valence-corrected chi connectivity index (χ2v) is 27.3. The highest BCUT2D eigenvalue weighted by molar-refractivity contribution is 5.98. The van der Waals surface area contributed by atoms with Crippen molar-refractivity contribution in [2.45, 2.75) is 139 Å². The SMILES string of the molecule is CCC(C)(C)[C@H](N)C(=O)OC.CCOCc1ccc(C#Cc2ccc(C(=O)N[C@H](C(=O)NO)C(C)(C)N)cc2)cc1.CCOCc1ccc(C#Cc2ccc(C(=O)N[C@H](C(=O)OC)C(C)(C)CC)cc2)cc1.CCOCc1ccc(C#Cc2ccc(C(=O)O)cc2)cc1.COC(=O)c1ccc(C#Cc2ccc(CO)cc2)cc1. The molecule has 0 saturated carbocycles. The van der Waals surface area contributed by atoms with Crippen LogP contribution < -0.4 is 27.6 Å². The van der Waals surface area contributed by atoms with E-state index in [1.54, 1.807) is 111 Å². The van der Waals surface area contributed by atoms with Gasteiger partial charge in [-0.05, 0) is 226 Å². The van der Waals surface area contributed by atoms with E-state index >= 15 is 0 Å². The van der Waals surface area contributed by atoms with Crippen molar-refractivity contribution in [1.29, 1.82) is 0 Å². The lowest BCUT2D eigenvalue weighted by Crippen LogP contribution is -2.61. The number of hydrogen-bond acceptors (Lipinski definition) is 17. The first-order valence-corrected chi connectivity index (χ1v) is 36.7. The molecular formula is C92H105N5O16. The van der Waals surface area contributed by atoms with Crippen LogP contribution in [0.2, 0.25) is 0 Å². The Bertz CT molecular complexity index is 4600. The number of aromatic carboxylic acids is 1. The van der Waals surface area contributed by atoms with Crippen molar-refractivity contribution in [3.05, 3.63) is 283 Å². The minimum absolute atomic E-state index is 0.0305. The molecule has 113 heavy (non-hydrogen) atoms. The average molecular weight is 1540 g/mol. The van der Waals surface area contributed by atoms with Crippen LogP contribution in [-0.4, -0.2) is 122 Å². The Balaban J connectivity index is 0.000000308. The standard InChI is InChI=1S/C26H31NO4.C23H27N3O4.C18H16O3.C17H14O3.C8H17NO2/c1-6-26(3,4)23(25(29)30-5)27-24(28)22-16-14-20(15-17-22)9-8-19-10-12-21(13-11-19)18-31-7-2;1-4-30-15-18-9-7-16(8-10-18)5-6-17-11-13-19(14-12-17)21(27)25-20(22(28)26-29)23(2,3)24;1-2-21-13-16-7-5-14(6-8-16)3-4-15-9-11-17(12-10-15)18(19)20;1-20-17(19)16-10-8-14(9-11-16)3-2-13-4-6-15(12-18)7-5-13;1-5-8(2,3)6(9)7(10)11-4/h10-17,23H,6-7,18H2,1-5H3,(H,27,28);7-14,20,29H,4,15,24H2,1-3H3,(H,25,27)(H,26,28);5-12H,2,13H2,1H3,(H,19,20);4-11,18H,12H2,1H3;6H,5,9H2,1-4H3/t23-;20-;;;6-/m11..1/s1. The van der Waals surface area contributed by atoms with Crippen molar-refractivity contribution >= 4 is 41.6 Å². The van der Waals surface area contributed by atoms with Crippen LogP contribution in [0.5, 0.6) is 0 Å². The van der Waals surface area contributed by atoms with Crippen molar-refractivity contribution in [3.63, 3.8) is 0 Å². The van der Waals surface area contributed by atoms with E-state index in [1.165, 1.54) is 26.8 Å². The fourth-order valence-electron chi connectivity index (χ4n) is 9.54. The minimum Gasteiger partial charge on any atom is -0.478 e. The molecule has 0 aromatic heterocycles. The van der Waals surface area contributed by atoms with Gasteiger partial charge in [0.1, 0.15) is 18.1 Å². The molecular weight excluding hydrogens is 1430 g/mol. The van der Waals surface area contributed by atoms with E-state index in [0.29, 0.717) is 62.8 Å². The van der Waals surface area contributed by atoms with Crippen LogP contribution in [-0.2, 0) is 69.2 Å². The maximum atomic E-state index is 12.7. The Labute approximate surface area is 664 Å². The van der Waals surface area contributed by atoms with Crippen LogP contribution >= 0.6 is 0 Å². The normalized spacial score (nSPS) is 11.2. The molecule has 0 aliphatic rings. The van der Waals surface area contributed by atoms with Crippen molar-refractivity contribution in [3.8, 4) is 47.4 Å². The third-order valence-electron chi connectivity index (χ3n) is 17.6. The zero-order chi connectivity index (χ0) is 83.5. The van der Waals surface area contributed by atoms with Gasteiger partial charge in [-0.2, -0.15) is 0 Å². The zero-order valence-electron chi connectivity index (χ0n) is 66.9. The van der Waals surface area contributed by atoms with Crippen LogP contribution in [0.1, 0.15) is 197 Å². The number of benzene rings is 8. The summed E-state index contributed by atoms with van der Waals surface area (Å²) in [6.07, 6.45) is 1.58. The van der Waals surface area contributed by atoms with Crippen LogP contribution in [0.3, 0.4) is 0 Å². The maximum Gasteiger partial charge on any atom is 0.337 e. The Morgan fingerprint density at radius 2 is 0.664 bits per heavy atom. The number of methoxy groups -OCH3 is 3. The lowest BCUT2D eigenvalue weighted by molar-refractivity contribution is -0.146. The van der Waals surface area contributed by atoms with Gasteiger partial charge in [0.2, 0.25) is 0 Å². The Kier molecular flexibility index (Phi) is 40.2. The maximum absolute atomic E-state index is 12.7. The van der Waals surface area contributed by atoms with E-state index in [2.05, 4.69) is 67.5 Å². The molecule has 0 radical (unpaired) electrons. The Morgan fingerprint density at radius 3 is 0.912 bits per heavy atom. The molecule has 0 saturated heterocycles. The summed E-state index contributed by atoms with van der Waals surface area (Å²) in [5.41, 5.74) is 23.9.